The lowest BCUT2D eigenvalue weighted by Crippen LogP contribution is -1.95. The summed E-state index contributed by atoms with van der Waals surface area (Å²) in [5.74, 6) is -0.0216. The van der Waals surface area contributed by atoms with Gasteiger partial charge in [0, 0.05) is 16.4 Å². The Balaban J connectivity index is 0.000000167. The van der Waals surface area contributed by atoms with Crippen molar-refractivity contribution in [1.82, 2.24) is 0 Å². The van der Waals surface area contributed by atoms with E-state index in [0.29, 0.717) is 0 Å². The van der Waals surface area contributed by atoms with E-state index in [9.17, 15) is 9.59 Å². The van der Waals surface area contributed by atoms with Crippen LogP contribution < -0.4 is 0 Å². The normalized spacial score (nSPS) is 12.4. The molecule has 2 rings (SSSR count). The first-order valence-electron chi connectivity index (χ1n) is 4.52. The predicted octanol–water partition coefficient (Wildman–Crippen LogP) is 3.34. The lowest BCUT2D eigenvalue weighted by atomic mass is 10.2. The zero-order chi connectivity index (χ0) is 11.4. The van der Waals surface area contributed by atoms with E-state index in [1.165, 1.54) is 11.8 Å². The number of thioether (sulfide) groups is 1. The highest BCUT2D eigenvalue weighted by Crippen LogP contribution is 2.30. The average Bonchev–Trinajstić information content (AvgIpc) is 2.42. The van der Waals surface area contributed by atoms with Gasteiger partial charge in [-0.25, -0.2) is 0 Å². The van der Waals surface area contributed by atoms with Gasteiger partial charge in [-0.15, -0.1) is 0 Å². The molecule has 0 fully saturated rings. The second-order valence-corrected chi connectivity index (χ2v) is 4.80. The number of benzene rings is 1. The van der Waals surface area contributed by atoms with Crippen molar-refractivity contribution in [2.24, 2.45) is 5.92 Å². The Morgan fingerprint density at radius 3 is 2.40 bits per heavy atom. The second kappa shape index (κ2) is 5.33. The summed E-state index contributed by atoms with van der Waals surface area (Å²) < 4.78 is 0. The van der Waals surface area contributed by atoms with Crippen LogP contribution in [0, 0.1) is 5.92 Å². The molecule has 0 saturated heterocycles. The first-order valence-corrected chi connectivity index (χ1v) is 5.71. The molecule has 1 aliphatic heterocycles. The van der Waals surface area contributed by atoms with E-state index in [4.69, 9.17) is 11.6 Å². The van der Waals surface area contributed by atoms with Gasteiger partial charge >= 0.3 is 0 Å². The lowest BCUT2D eigenvalue weighted by molar-refractivity contribution is -0.114. The second-order valence-electron chi connectivity index (χ2n) is 3.38. The first-order chi connectivity index (χ1) is 7.00. The summed E-state index contributed by atoms with van der Waals surface area (Å²) in [5.41, 5.74) is 0.831. The highest BCUT2D eigenvalue weighted by molar-refractivity contribution is 8.14. The van der Waals surface area contributed by atoms with Gasteiger partial charge in [0.2, 0.25) is 10.4 Å². The molecule has 0 aromatic heterocycles. The molecule has 0 unspecified atom stereocenters. The van der Waals surface area contributed by atoms with Crippen LogP contribution in [0.2, 0.25) is 0 Å². The fourth-order valence-corrected chi connectivity index (χ4v) is 1.64. The summed E-state index contributed by atoms with van der Waals surface area (Å²) in [5, 5.41) is -0.0926. The summed E-state index contributed by atoms with van der Waals surface area (Å²) >= 11 is 6.28. The van der Waals surface area contributed by atoms with Crippen LogP contribution in [0.1, 0.15) is 24.2 Å². The van der Waals surface area contributed by atoms with Gasteiger partial charge < -0.3 is 0 Å². The molecule has 1 aromatic carbocycles. The SMILES string of the molecule is CC(C)C(=O)Cl.O=C1Sc2cccc1c2. The van der Waals surface area contributed by atoms with Crippen LogP contribution in [0.4, 0.5) is 0 Å². The molecular weight excluding hydrogens is 232 g/mol. The average molecular weight is 243 g/mol. The van der Waals surface area contributed by atoms with E-state index in [2.05, 4.69) is 0 Å². The molecule has 0 aliphatic carbocycles. The van der Waals surface area contributed by atoms with Crippen LogP contribution in [-0.4, -0.2) is 10.4 Å². The van der Waals surface area contributed by atoms with E-state index in [1.54, 1.807) is 13.8 Å². The Kier molecular flexibility index (Phi) is 4.36. The zero-order valence-electron chi connectivity index (χ0n) is 8.49. The Morgan fingerprint density at radius 1 is 1.40 bits per heavy atom. The van der Waals surface area contributed by atoms with E-state index in [-0.39, 0.29) is 16.3 Å². The van der Waals surface area contributed by atoms with Crippen molar-refractivity contribution in [2.45, 2.75) is 18.7 Å². The summed E-state index contributed by atoms with van der Waals surface area (Å²) in [4.78, 5) is 21.8. The van der Waals surface area contributed by atoms with Gasteiger partial charge in [0.25, 0.3) is 0 Å². The van der Waals surface area contributed by atoms with E-state index in [1.807, 2.05) is 24.3 Å². The predicted molar refractivity (Wildman–Crippen MR) is 62.3 cm³/mol. The maximum absolute atomic E-state index is 10.9. The van der Waals surface area contributed by atoms with Gasteiger partial charge in [0.05, 0.1) is 0 Å². The maximum Gasteiger partial charge on any atom is 0.224 e. The van der Waals surface area contributed by atoms with Crippen LogP contribution >= 0.6 is 23.4 Å². The summed E-state index contributed by atoms with van der Waals surface area (Å²) in [6.07, 6.45) is 0. The highest BCUT2D eigenvalue weighted by atomic mass is 35.5. The molecule has 0 spiro atoms. The summed E-state index contributed by atoms with van der Waals surface area (Å²) in [6.45, 7) is 3.52. The number of rotatable bonds is 1. The summed E-state index contributed by atoms with van der Waals surface area (Å²) in [6, 6.07) is 7.60. The van der Waals surface area contributed by atoms with E-state index >= 15 is 0 Å². The Hall–Kier alpha value is -0.800. The van der Waals surface area contributed by atoms with Gasteiger partial charge in [0.1, 0.15) is 0 Å². The van der Waals surface area contributed by atoms with Crippen LogP contribution in [0.25, 0.3) is 0 Å². The molecular formula is C11H11ClO2S. The Labute approximate surface area is 98.0 Å². The first kappa shape index (κ1) is 12.3. The molecule has 0 amide bonds. The molecule has 80 valence electrons. The molecule has 1 aliphatic rings. The summed E-state index contributed by atoms with van der Waals surface area (Å²) in [7, 11) is 0. The number of fused-ring (bicyclic) bond motifs is 2. The van der Waals surface area contributed by atoms with Crippen molar-refractivity contribution >= 4 is 33.7 Å². The van der Waals surface area contributed by atoms with Gasteiger partial charge in [-0.2, -0.15) is 0 Å². The quantitative estimate of drug-likeness (QED) is 0.709. The lowest BCUT2D eigenvalue weighted by Gasteiger charge is -1.88. The van der Waals surface area contributed by atoms with Crippen molar-refractivity contribution in [3.63, 3.8) is 0 Å². The standard InChI is InChI=1S/C7H4OS.C4H7ClO/c8-7-5-2-1-3-6(4-5)9-7;1-3(2)4(5)6/h1-4H;3H,1-2H3. The van der Waals surface area contributed by atoms with E-state index < -0.39 is 0 Å². The number of hydrogen-bond acceptors (Lipinski definition) is 3. The number of carbonyl (C=O) groups excluding carboxylic acids is 2. The zero-order valence-corrected chi connectivity index (χ0v) is 10.1. The molecule has 0 atom stereocenters. The van der Waals surface area contributed by atoms with Gasteiger partial charge in [-0.1, -0.05) is 26.0 Å². The fourth-order valence-electron chi connectivity index (χ4n) is 0.853. The monoisotopic (exact) mass is 242 g/mol. The molecule has 2 bridgehead atoms. The maximum atomic E-state index is 10.9. The van der Waals surface area contributed by atoms with Crippen molar-refractivity contribution in [1.29, 1.82) is 0 Å². The van der Waals surface area contributed by atoms with Crippen LogP contribution in [0.5, 0.6) is 0 Å². The third kappa shape index (κ3) is 3.68. The molecule has 4 heteroatoms. The van der Waals surface area contributed by atoms with Crippen LogP contribution in [0.3, 0.4) is 0 Å². The van der Waals surface area contributed by atoms with Crippen LogP contribution in [-0.2, 0) is 4.79 Å². The molecule has 2 nitrogen and oxygen atoms in total. The minimum absolute atomic E-state index is 0.0216. The van der Waals surface area contributed by atoms with Crippen molar-refractivity contribution in [3.05, 3.63) is 29.8 Å². The minimum Gasteiger partial charge on any atom is -0.281 e. The molecule has 0 saturated carbocycles. The molecule has 1 aromatic rings. The molecule has 15 heavy (non-hydrogen) atoms. The van der Waals surface area contributed by atoms with Crippen molar-refractivity contribution in [3.8, 4) is 0 Å². The topological polar surface area (TPSA) is 34.1 Å². The fraction of sp³-hybridized carbons (Fsp3) is 0.273. The third-order valence-corrected chi connectivity index (χ3v) is 3.08. The van der Waals surface area contributed by atoms with Crippen molar-refractivity contribution < 1.29 is 9.59 Å². The van der Waals surface area contributed by atoms with Gasteiger partial charge in [0.15, 0.2) is 0 Å². The Morgan fingerprint density at radius 2 is 2.00 bits per heavy atom. The van der Waals surface area contributed by atoms with Crippen molar-refractivity contribution in [2.75, 3.05) is 0 Å². The van der Waals surface area contributed by atoms with E-state index in [0.717, 1.165) is 10.5 Å². The molecule has 0 N–H and O–H groups in total. The van der Waals surface area contributed by atoms with Gasteiger partial charge in [-0.05, 0) is 35.5 Å². The number of halogens is 1. The largest absolute Gasteiger partial charge is 0.281 e. The third-order valence-electron chi connectivity index (χ3n) is 1.73. The number of hydrogen-bond donors (Lipinski definition) is 0. The Bertz CT molecular complexity index is 388. The molecule has 0 radical (unpaired) electrons. The highest BCUT2D eigenvalue weighted by Gasteiger charge is 2.14. The number of carbonyl (C=O) groups is 2. The smallest absolute Gasteiger partial charge is 0.224 e. The molecule has 1 heterocycles. The van der Waals surface area contributed by atoms with Crippen LogP contribution in [0.15, 0.2) is 29.2 Å². The van der Waals surface area contributed by atoms with Gasteiger partial charge in [-0.3, -0.25) is 9.59 Å². The minimum atomic E-state index is -0.269.